The lowest BCUT2D eigenvalue weighted by atomic mass is 10.2. The van der Waals surface area contributed by atoms with E-state index < -0.39 is 12.0 Å². The maximum absolute atomic E-state index is 11.8. The normalized spacial score (nSPS) is 12.1. The summed E-state index contributed by atoms with van der Waals surface area (Å²) in [7, 11) is 0. The number of carboxylic acid groups (broad SMARTS) is 1. The summed E-state index contributed by atoms with van der Waals surface area (Å²) >= 11 is 2.80. The predicted octanol–water partition coefficient (Wildman–Crippen LogP) is 0.899. The molecule has 106 valence electrons. The molecule has 19 heavy (non-hydrogen) atoms. The Morgan fingerprint density at radius 1 is 1.58 bits per heavy atom. The van der Waals surface area contributed by atoms with Gasteiger partial charge in [0, 0.05) is 4.88 Å². The van der Waals surface area contributed by atoms with Crippen molar-refractivity contribution >= 4 is 40.1 Å². The minimum Gasteiger partial charge on any atom is -0.480 e. The van der Waals surface area contributed by atoms with Crippen LogP contribution in [0.1, 0.15) is 17.0 Å². The Kier molecular flexibility index (Phi) is 6.10. The predicted molar refractivity (Wildman–Crippen MR) is 77.5 cm³/mol. The van der Waals surface area contributed by atoms with Crippen molar-refractivity contribution in [1.29, 1.82) is 0 Å². The lowest BCUT2D eigenvalue weighted by Crippen LogP contribution is -2.41. The number of amides is 1. The molecule has 4 N–H and O–H groups in total. The number of nitrogens with zero attached hydrogens (tertiary/aromatic N) is 1. The van der Waals surface area contributed by atoms with E-state index in [0.29, 0.717) is 23.0 Å². The van der Waals surface area contributed by atoms with Crippen molar-refractivity contribution in [2.45, 2.75) is 25.8 Å². The number of aromatic nitrogens is 1. The third-order valence-electron chi connectivity index (χ3n) is 2.47. The van der Waals surface area contributed by atoms with E-state index in [1.807, 2.05) is 6.26 Å². The molecule has 0 radical (unpaired) electrons. The number of carboxylic acids is 1. The van der Waals surface area contributed by atoms with E-state index in [-0.39, 0.29) is 12.3 Å². The van der Waals surface area contributed by atoms with Gasteiger partial charge < -0.3 is 16.2 Å². The maximum atomic E-state index is 11.8. The van der Waals surface area contributed by atoms with Gasteiger partial charge in [0.15, 0.2) is 5.13 Å². The molecule has 6 nitrogen and oxygen atoms in total. The molecular formula is C11H17N3O3S2. The van der Waals surface area contributed by atoms with Gasteiger partial charge in [0.05, 0.1) is 12.1 Å². The zero-order chi connectivity index (χ0) is 14.4. The minimum atomic E-state index is -1.01. The quantitative estimate of drug-likeness (QED) is 0.691. The molecule has 1 aromatic rings. The topological polar surface area (TPSA) is 105 Å². The highest BCUT2D eigenvalue weighted by atomic mass is 32.2. The molecule has 0 fully saturated rings. The van der Waals surface area contributed by atoms with Crippen molar-refractivity contribution < 1.29 is 14.7 Å². The molecule has 1 rings (SSSR count). The summed E-state index contributed by atoms with van der Waals surface area (Å²) < 4.78 is 0. The van der Waals surface area contributed by atoms with Crippen LogP contribution in [-0.4, -0.2) is 40.0 Å². The van der Waals surface area contributed by atoms with Gasteiger partial charge in [-0.2, -0.15) is 11.8 Å². The summed E-state index contributed by atoms with van der Waals surface area (Å²) in [5.41, 5.74) is 6.27. The van der Waals surface area contributed by atoms with Gasteiger partial charge in [-0.15, -0.1) is 11.3 Å². The summed E-state index contributed by atoms with van der Waals surface area (Å²) in [6.07, 6.45) is 2.42. The van der Waals surface area contributed by atoms with Crippen LogP contribution in [0.4, 0.5) is 5.13 Å². The Balaban J connectivity index is 2.57. The average Bonchev–Trinajstić information content (AvgIpc) is 2.62. The van der Waals surface area contributed by atoms with E-state index >= 15 is 0 Å². The van der Waals surface area contributed by atoms with Crippen LogP contribution in [0, 0.1) is 6.92 Å². The van der Waals surface area contributed by atoms with E-state index in [0.717, 1.165) is 4.88 Å². The number of thiazole rings is 1. The van der Waals surface area contributed by atoms with Crippen molar-refractivity contribution in [3.05, 3.63) is 10.6 Å². The Bertz CT molecular complexity index is 462. The molecule has 8 heteroatoms. The van der Waals surface area contributed by atoms with Crippen LogP contribution in [-0.2, 0) is 16.0 Å². The smallest absolute Gasteiger partial charge is 0.326 e. The molecule has 0 aliphatic heterocycles. The Hall–Kier alpha value is -1.28. The number of aryl methyl sites for hydroxylation is 1. The van der Waals surface area contributed by atoms with Gasteiger partial charge in [0.1, 0.15) is 6.04 Å². The zero-order valence-corrected chi connectivity index (χ0v) is 12.4. The highest BCUT2D eigenvalue weighted by molar-refractivity contribution is 7.98. The molecule has 0 bridgehead atoms. The van der Waals surface area contributed by atoms with Crippen LogP contribution in [0.15, 0.2) is 0 Å². The van der Waals surface area contributed by atoms with Gasteiger partial charge >= 0.3 is 5.97 Å². The fraction of sp³-hybridized carbons (Fsp3) is 0.545. The summed E-state index contributed by atoms with van der Waals surface area (Å²) in [5.74, 6) is -0.646. The van der Waals surface area contributed by atoms with E-state index in [4.69, 9.17) is 10.8 Å². The van der Waals surface area contributed by atoms with E-state index in [1.54, 1.807) is 18.7 Å². The van der Waals surface area contributed by atoms with E-state index in [2.05, 4.69) is 10.3 Å². The second-order valence-corrected chi connectivity index (χ2v) is 6.08. The second-order valence-electron chi connectivity index (χ2n) is 3.98. The lowest BCUT2D eigenvalue weighted by Gasteiger charge is -2.13. The fourth-order valence-electron chi connectivity index (χ4n) is 1.50. The Morgan fingerprint density at radius 3 is 2.74 bits per heavy atom. The van der Waals surface area contributed by atoms with Crippen LogP contribution in [0.5, 0.6) is 0 Å². The first-order valence-electron chi connectivity index (χ1n) is 5.67. The fourth-order valence-corrected chi connectivity index (χ4v) is 2.80. The number of anilines is 1. The SMILES string of the molecule is CSCCC(NC(=O)Cc1sc(N)nc1C)C(=O)O. The van der Waals surface area contributed by atoms with Gasteiger partial charge in [-0.05, 0) is 25.4 Å². The van der Waals surface area contributed by atoms with Crippen molar-refractivity contribution in [2.75, 3.05) is 17.7 Å². The molecule has 0 aromatic carbocycles. The molecular weight excluding hydrogens is 286 g/mol. The molecule has 1 amide bonds. The number of rotatable bonds is 7. The molecule has 1 aromatic heterocycles. The molecule has 0 saturated carbocycles. The third kappa shape index (κ3) is 5.07. The van der Waals surface area contributed by atoms with Crippen molar-refractivity contribution in [3.8, 4) is 0 Å². The molecule has 0 aliphatic rings. The first-order chi connectivity index (χ1) is 8.93. The van der Waals surface area contributed by atoms with Crippen molar-refractivity contribution in [2.24, 2.45) is 0 Å². The number of thioether (sulfide) groups is 1. The summed E-state index contributed by atoms with van der Waals surface area (Å²) in [4.78, 5) is 27.6. The van der Waals surface area contributed by atoms with Crippen molar-refractivity contribution in [3.63, 3.8) is 0 Å². The van der Waals surface area contributed by atoms with Gasteiger partial charge in [-0.3, -0.25) is 4.79 Å². The number of carbonyl (C=O) groups excluding carboxylic acids is 1. The van der Waals surface area contributed by atoms with Gasteiger partial charge in [-0.25, -0.2) is 9.78 Å². The third-order valence-corrected chi connectivity index (χ3v) is 4.10. The largest absolute Gasteiger partial charge is 0.480 e. The molecule has 0 aliphatic carbocycles. The molecule has 0 saturated heterocycles. The highest BCUT2D eigenvalue weighted by Crippen LogP contribution is 2.20. The first-order valence-corrected chi connectivity index (χ1v) is 7.88. The van der Waals surface area contributed by atoms with E-state index in [1.165, 1.54) is 11.3 Å². The zero-order valence-electron chi connectivity index (χ0n) is 10.8. The lowest BCUT2D eigenvalue weighted by molar-refractivity contribution is -0.141. The standard InChI is InChI=1S/C11H17N3O3S2/c1-6-8(19-11(12)13-6)5-9(15)14-7(10(16)17)3-4-18-2/h7H,3-5H2,1-2H3,(H2,12,13)(H,14,15)(H,16,17). The Morgan fingerprint density at radius 2 is 2.26 bits per heavy atom. The van der Waals surface area contributed by atoms with Gasteiger partial charge in [0.2, 0.25) is 5.91 Å². The van der Waals surface area contributed by atoms with Crippen LogP contribution in [0.2, 0.25) is 0 Å². The van der Waals surface area contributed by atoms with Crippen LogP contribution in [0.25, 0.3) is 0 Å². The van der Waals surface area contributed by atoms with Gasteiger partial charge in [0.25, 0.3) is 0 Å². The number of nitrogen functional groups attached to an aromatic ring is 1. The average molecular weight is 303 g/mol. The molecule has 0 spiro atoms. The highest BCUT2D eigenvalue weighted by Gasteiger charge is 2.20. The molecule has 1 atom stereocenters. The van der Waals surface area contributed by atoms with Crippen molar-refractivity contribution in [1.82, 2.24) is 10.3 Å². The summed E-state index contributed by atoms with van der Waals surface area (Å²) in [6, 6.07) is -0.842. The number of nitrogens with two attached hydrogens (primary N) is 1. The van der Waals surface area contributed by atoms with Crippen LogP contribution < -0.4 is 11.1 Å². The number of hydrogen-bond acceptors (Lipinski definition) is 6. The Labute approximate surface area is 119 Å². The number of nitrogens with one attached hydrogen (secondary N) is 1. The van der Waals surface area contributed by atoms with Gasteiger partial charge in [-0.1, -0.05) is 0 Å². The first kappa shape index (κ1) is 15.8. The number of hydrogen-bond donors (Lipinski definition) is 3. The summed E-state index contributed by atoms with van der Waals surface area (Å²) in [6.45, 7) is 1.78. The van der Waals surface area contributed by atoms with Crippen LogP contribution in [0.3, 0.4) is 0 Å². The second kappa shape index (κ2) is 7.34. The number of aliphatic carboxylic acids is 1. The monoisotopic (exact) mass is 303 g/mol. The maximum Gasteiger partial charge on any atom is 0.326 e. The number of carbonyl (C=O) groups is 2. The van der Waals surface area contributed by atoms with E-state index in [9.17, 15) is 9.59 Å². The molecule has 1 unspecified atom stereocenters. The minimum absolute atomic E-state index is 0.115. The summed E-state index contributed by atoms with van der Waals surface area (Å²) in [5, 5.41) is 12.0. The molecule has 1 heterocycles. The van der Waals surface area contributed by atoms with Crippen LogP contribution >= 0.6 is 23.1 Å².